The largest absolute Gasteiger partial charge is 0.478 e. The molecule has 0 bridgehead atoms. The average Bonchev–Trinajstić information content (AvgIpc) is 2.42. The van der Waals surface area contributed by atoms with Gasteiger partial charge in [-0.05, 0) is 25.0 Å². The molecule has 0 radical (unpaired) electrons. The number of carboxylic acids is 1. The number of anilines is 1. The Bertz CT molecular complexity index is 464. The van der Waals surface area contributed by atoms with Crippen molar-refractivity contribution in [1.29, 1.82) is 0 Å². The van der Waals surface area contributed by atoms with Crippen molar-refractivity contribution in [2.45, 2.75) is 25.7 Å². The highest BCUT2D eigenvalue weighted by Crippen LogP contribution is 2.21. The smallest absolute Gasteiger partial charge is 0.411 e. The predicted octanol–water partition coefficient (Wildman–Crippen LogP) is 3.82. The van der Waals surface area contributed by atoms with Crippen molar-refractivity contribution >= 4 is 33.7 Å². The molecule has 0 atom stereocenters. The van der Waals surface area contributed by atoms with Crippen LogP contribution in [0.4, 0.5) is 10.5 Å². The average molecular weight is 344 g/mol. The Morgan fingerprint density at radius 2 is 1.70 bits per heavy atom. The molecule has 0 aromatic heterocycles. The molecule has 0 aliphatic carbocycles. The summed E-state index contributed by atoms with van der Waals surface area (Å²) in [6.07, 6.45) is 2.59. The van der Waals surface area contributed by atoms with Crippen LogP contribution in [0.2, 0.25) is 0 Å². The van der Waals surface area contributed by atoms with Crippen molar-refractivity contribution < 1.29 is 19.8 Å². The van der Waals surface area contributed by atoms with Gasteiger partial charge in [-0.3, -0.25) is 4.90 Å². The van der Waals surface area contributed by atoms with E-state index in [2.05, 4.69) is 15.9 Å². The summed E-state index contributed by atoms with van der Waals surface area (Å²) in [7, 11) is 0. The molecular weight excluding hydrogens is 326 g/mol. The van der Waals surface area contributed by atoms with E-state index in [0.29, 0.717) is 13.0 Å². The maximum atomic E-state index is 11.3. The Hall–Kier alpha value is -1.56. The zero-order chi connectivity index (χ0) is 15.0. The minimum absolute atomic E-state index is 0.00959. The molecule has 1 rings (SSSR count). The van der Waals surface area contributed by atoms with E-state index in [9.17, 15) is 14.7 Å². The Labute approximate surface area is 126 Å². The molecule has 0 aliphatic rings. The summed E-state index contributed by atoms with van der Waals surface area (Å²) in [5.74, 6) is -1.12. The zero-order valence-corrected chi connectivity index (χ0v) is 12.7. The van der Waals surface area contributed by atoms with E-state index in [4.69, 9.17) is 5.11 Å². The fraction of sp³-hybridized carbons (Fsp3) is 0.429. The highest BCUT2D eigenvalue weighted by atomic mass is 79.9. The fourth-order valence-corrected chi connectivity index (χ4v) is 2.32. The first-order valence-electron chi connectivity index (χ1n) is 6.46. The summed E-state index contributed by atoms with van der Waals surface area (Å²) in [5, 5.41) is 19.3. The number of benzene rings is 1. The van der Waals surface area contributed by atoms with Gasteiger partial charge in [0.25, 0.3) is 0 Å². The summed E-state index contributed by atoms with van der Waals surface area (Å²) < 4.78 is 0. The summed E-state index contributed by atoms with van der Waals surface area (Å²) in [6.45, 7) is 0.307. The molecule has 0 spiro atoms. The van der Waals surface area contributed by atoms with Gasteiger partial charge in [0.15, 0.2) is 0 Å². The Kier molecular flexibility index (Phi) is 7.08. The van der Waals surface area contributed by atoms with Crippen molar-refractivity contribution in [3.8, 4) is 0 Å². The number of rotatable bonds is 8. The van der Waals surface area contributed by atoms with Crippen LogP contribution in [0.5, 0.6) is 0 Å². The number of carboxylic acid groups (broad SMARTS) is 2. The number of carbonyl (C=O) groups is 2. The van der Waals surface area contributed by atoms with Gasteiger partial charge in [0.1, 0.15) is 0 Å². The maximum Gasteiger partial charge on any atom is 0.411 e. The molecule has 5 nitrogen and oxygen atoms in total. The lowest BCUT2D eigenvalue weighted by Crippen LogP contribution is -2.31. The van der Waals surface area contributed by atoms with Crippen molar-refractivity contribution in [2.75, 3.05) is 16.8 Å². The molecule has 1 aromatic carbocycles. The lowest BCUT2D eigenvalue weighted by atomic mass is 10.1. The van der Waals surface area contributed by atoms with Crippen LogP contribution in [0.1, 0.15) is 36.0 Å². The molecule has 0 unspecified atom stereocenters. The number of alkyl halides is 1. The molecule has 1 amide bonds. The molecule has 20 heavy (non-hydrogen) atoms. The normalized spacial score (nSPS) is 10.2. The monoisotopic (exact) mass is 343 g/mol. The van der Waals surface area contributed by atoms with Crippen molar-refractivity contribution in [3.63, 3.8) is 0 Å². The summed E-state index contributed by atoms with van der Waals surface area (Å²) in [6, 6.07) is 6.17. The quantitative estimate of drug-likeness (QED) is 0.555. The molecule has 0 saturated carbocycles. The van der Waals surface area contributed by atoms with E-state index < -0.39 is 12.1 Å². The van der Waals surface area contributed by atoms with Gasteiger partial charge in [0, 0.05) is 11.9 Å². The third-order valence-electron chi connectivity index (χ3n) is 2.92. The van der Waals surface area contributed by atoms with Crippen LogP contribution in [-0.2, 0) is 0 Å². The minimum atomic E-state index is -1.13. The predicted molar refractivity (Wildman–Crippen MR) is 81.0 cm³/mol. The second-order valence-corrected chi connectivity index (χ2v) is 5.15. The van der Waals surface area contributed by atoms with Gasteiger partial charge in [-0.15, -0.1) is 0 Å². The van der Waals surface area contributed by atoms with Crippen molar-refractivity contribution in [2.24, 2.45) is 0 Å². The third-order valence-corrected chi connectivity index (χ3v) is 3.48. The molecule has 1 aromatic rings. The SMILES string of the molecule is O=C(O)c1ccccc1N(CCCCCCBr)C(=O)O. The summed E-state index contributed by atoms with van der Waals surface area (Å²) >= 11 is 3.35. The molecule has 2 N–H and O–H groups in total. The molecule has 6 heteroatoms. The number of amides is 1. The number of unbranched alkanes of at least 4 members (excludes halogenated alkanes) is 3. The Morgan fingerprint density at radius 1 is 1.05 bits per heavy atom. The second kappa shape index (κ2) is 8.58. The van der Waals surface area contributed by atoms with Gasteiger partial charge in [-0.1, -0.05) is 40.9 Å². The highest BCUT2D eigenvalue weighted by Gasteiger charge is 2.20. The molecule has 0 saturated heterocycles. The molecule has 0 heterocycles. The lowest BCUT2D eigenvalue weighted by Gasteiger charge is -2.21. The van der Waals surface area contributed by atoms with Gasteiger partial charge < -0.3 is 10.2 Å². The van der Waals surface area contributed by atoms with Crippen LogP contribution in [0.15, 0.2) is 24.3 Å². The van der Waals surface area contributed by atoms with Crippen LogP contribution in [0.25, 0.3) is 0 Å². The number of halogens is 1. The van der Waals surface area contributed by atoms with E-state index >= 15 is 0 Å². The van der Waals surface area contributed by atoms with E-state index in [1.54, 1.807) is 12.1 Å². The molecular formula is C14H18BrNO4. The summed E-state index contributed by atoms with van der Waals surface area (Å²) in [4.78, 5) is 23.6. The van der Waals surface area contributed by atoms with E-state index in [1.165, 1.54) is 12.1 Å². The van der Waals surface area contributed by atoms with Crippen LogP contribution < -0.4 is 4.90 Å². The van der Waals surface area contributed by atoms with Gasteiger partial charge in [0.2, 0.25) is 0 Å². The number of para-hydroxylation sites is 1. The number of aromatic carboxylic acids is 1. The third kappa shape index (κ3) is 4.85. The second-order valence-electron chi connectivity index (χ2n) is 4.36. The Morgan fingerprint density at radius 3 is 2.30 bits per heavy atom. The van der Waals surface area contributed by atoms with Crippen LogP contribution in [-0.4, -0.2) is 34.2 Å². The van der Waals surface area contributed by atoms with Crippen molar-refractivity contribution in [3.05, 3.63) is 29.8 Å². The van der Waals surface area contributed by atoms with E-state index in [-0.39, 0.29) is 11.3 Å². The number of hydrogen-bond donors (Lipinski definition) is 2. The fourth-order valence-electron chi connectivity index (χ4n) is 1.93. The van der Waals surface area contributed by atoms with Gasteiger partial charge in [-0.2, -0.15) is 0 Å². The first kappa shape index (κ1) is 16.5. The highest BCUT2D eigenvalue weighted by molar-refractivity contribution is 9.09. The van der Waals surface area contributed by atoms with Crippen molar-refractivity contribution in [1.82, 2.24) is 0 Å². The zero-order valence-electron chi connectivity index (χ0n) is 11.1. The number of hydrogen-bond acceptors (Lipinski definition) is 2. The first-order chi connectivity index (χ1) is 9.57. The summed E-state index contributed by atoms with van der Waals surface area (Å²) in [5.41, 5.74) is 0.239. The molecule has 0 fully saturated rings. The first-order valence-corrected chi connectivity index (χ1v) is 7.58. The van der Waals surface area contributed by atoms with Gasteiger partial charge >= 0.3 is 12.1 Å². The lowest BCUT2D eigenvalue weighted by molar-refractivity contribution is 0.0697. The van der Waals surface area contributed by atoms with Crippen LogP contribution in [0, 0.1) is 0 Å². The standard InChI is InChI=1S/C14H18BrNO4/c15-9-5-1-2-6-10-16(14(19)20)12-8-4-3-7-11(12)13(17)18/h3-4,7-8H,1-2,5-6,9-10H2,(H,17,18)(H,19,20). The van der Waals surface area contributed by atoms with Crippen LogP contribution in [0.3, 0.4) is 0 Å². The van der Waals surface area contributed by atoms with E-state index in [1.807, 2.05) is 0 Å². The van der Waals surface area contributed by atoms with E-state index in [0.717, 1.165) is 29.5 Å². The van der Waals surface area contributed by atoms with Crippen LogP contribution >= 0.6 is 15.9 Å². The molecule has 110 valence electrons. The van der Waals surface area contributed by atoms with Gasteiger partial charge in [-0.25, -0.2) is 9.59 Å². The minimum Gasteiger partial charge on any atom is -0.478 e. The maximum absolute atomic E-state index is 11.3. The Balaban J connectivity index is 2.76. The topological polar surface area (TPSA) is 77.8 Å². The molecule has 0 aliphatic heterocycles. The number of nitrogens with zero attached hydrogens (tertiary/aromatic N) is 1. The van der Waals surface area contributed by atoms with Gasteiger partial charge in [0.05, 0.1) is 11.3 Å².